The number of aryl methyl sites for hydroxylation is 1. The van der Waals surface area contributed by atoms with Gasteiger partial charge in [0.05, 0.1) is 5.16 Å². The summed E-state index contributed by atoms with van der Waals surface area (Å²) < 4.78 is 27.9. The molecule has 3 rings (SSSR count). The van der Waals surface area contributed by atoms with Crippen LogP contribution in [0.3, 0.4) is 0 Å². The Bertz CT molecular complexity index is 1020. The number of nitrogens with zero attached hydrogens (tertiary/aromatic N) is 1. The first kappa shape index (κ1) is 18.8. The van der Waals surface area contributed by atoms with Gasteiger partial charge >= 0.3 is 0 Å². The second-order valence-corrected chi connectivity index (χ2v) is 6.49. The average Bonchev–Trinajstić information content (AvgIpc) is 2.65. The lowest BCUT2D eigenvalue weighted by molar-refractivity contribution is 0.587. The first-order valence-electron chi connectivity index (χ1n) is 8.40. The summed E-state index contributed by atoms with van der Waals surface area (Å²) in [6, 6.07) is 18.9. The van der Waals surface area contributed by atoms with Crippen molar-refractivity contribution in [3.05, 3.63) is 89.0 Å². The van der Waals surface area contributed by atoms with Crippen LogP contribution in [0.4, 0.5) is 14.5 Å². The topological polar surface area (TPSA) is 12.4 Å². The molecule has 0 heterocycles. The summed E-state index contributed by atoms with van der Waals surface area (Å²) in [6.45, 7) is 3.96. The van der Waals surface area contributed by atoms with E-state index >= 15 is 0 Å². The van der Waals surface area contributed by atoms with E-state index in [2.05, 4.69) is 48.4 Å². The van der Waals surface area contributed by atoms with Crippen LogP contribution < -0.4 is 0 Å². The van der Waals surface area contributed by atoms with Gasteiger partial charge in [-0.3, -0.25) is 0 Å². The number of isothiocyanates is 1. The fraction of sp³-hybridized carbons (Fsp3) is 0.0870. The second kappa shape index (κ2) is 8.17. The molecular formula is C23H17F2NS. The van der Waals surface area contributed by atoms with Gasteiger partial charge in [-0.05, 0) is 66.0 Å². The first-order chi connectivity index (χ1) is 13.0. The molecule has 1 nitrogen and oxygen atoms in total. The molecule has 0 spiro atoms. The van der Waals surface area contributed by atoms with E-state index in [0.717, 1.165) is 22.3 Å². The molecule has 134 valence electrons. The van der Waals surface area contributed by atoms with Crippen molar-refractivity contribution in [1.82, 2.24) is 0 Å². The van der Waals surface area contributed by atoms with Crippen LogP contribution in [0.5, 0.6) is 0 Å². The third-order valence-electron chi connectivity index (χ3n) is 4.30. The highest BCUT2D eigenvalue weighted by Crippen LogP contribution is 2.27. The fourth-order valence-corrected chi connectivity index (χ4v) is 2.92. The van der Waals surface area contributed by atoms with Crippen molar-refractivity contribution >= 4 is 34.7 Å². The Balaban J connectivity index is 1.88. The van der Waals surface area contributed by atoms with Crippen LogP contribution in [0.15, 0.2) is 65.7 Å². The summed E-state index contributed by atoms with van der Waals surface area (Å²) in [5.74, 6) is -1.53. The molecule has 0 amide bonds. The molecule has 0 aliphatic rings. The second-order valence-electron chi connectivity index (χ2n) is 6.31. The molecule has 0 N–H and O–H groups in total. The van der Waals surface area contributed by atoms with Crippen molar-refractivity contribution in [2.75, 3.05) is 0 Å². The SMILES string of the molecule is C/C(=C/c1cc(F)c(N=C=S)c(F)c1)c1ccc(-c2ccc(C)cc2)cc1. The number of rotatable bonds is 4. The third-order valence-corrected chi connectivity index (χ3v) is 4.40. The van der Waals surface area contributed by atoms with E-state index in [1.807, 2.05) is 36.4 Å². The van der Waals surface area contributed by atoms with Crippen molar-refractivity contribution in [3.63, 3.8) is 0 Å². The number of hydrogen-bond donors (Lipinski definition) is 0. The number of thiocarbonyl (C=S) groups is 1. The van der Waals surface area contributed by atoms with Crippen LogP contribution in [0, 0.1) is 18.6 Å². The maximum atomic E-state index is 14.0. The Hall–Kier alpha value is -2.94. The predicted molar refractivity (Wildman–Crippen MR) is 111 cm³/mol. The molecule has 0 radical (unpaired) electrons. The zero-order chi connectivity index (χ0) is 19.4. The van der Waals surface area contributed by atoms with Crippen LogP contribution in [-0.2, 0) is 0 Å². The Morgan fingerprint density at radius 3 is 1.96 bits per heavy atom. The zero-order valence-corrected chi connectivity index (χ0v) is 15.8. The molecule has 0 atom stereocenters. The summed E-state index contributed by atoms with van der Waals surface area (Å²) in [5, 5.41) is 1.99. The molecule has 0 unspecified atom stereocenters. The average molecular weight is 377 g/mol. The van der Waals surface area contributed by atoms with E-state index in [-0.39, 0.29) is 0 Å². The predicted octanol–water partition coefficient (Wildman–Crippen LogP) is 7.24. The molecule has 0 bridgehead atoms. The van der Waals surface area contributed by atoms with E-state index in [9.17, 15) is 8.78 Å². The minimum atomic E-state index is -0.763. The number of halogens is 2. The van der Waals surface area contributed by atoms with E-state index < -0.39 is 17.3 Å². The van der Waals surface area contributed by atoms with Crippen LogP contribution in [-0.4, -0.2) is 5.16 Å². The molecule has 4 heteroatoms. The van der Waals surface area contributed by atoms with Gasteiger partial charge in [0.25, 0.3) is 0 Å². The smallest absolute Gasteiger partial charge is 0.153 e. The van der Waals surface area contributed by atoms with Crippen LogP contribution in [0.1, 0.15) is 23.6 Å². The van der Waals surface area contributed by atoms with Gasteiger partial charge in [0, 0.05) is 0 Å². The summed E-state index contributed by atoms with van der Waals surface area (Å²) in [5.41, 5.74) is 5.37. The molecule has 27 heavy (non-hydrogen) atoms. The first-order valence-corrected chi connectivity index (χ1v) is 8.81. The van der Waals surface area contributed by atoms with E-state index in [4.69, 9.17) is 0 Å². The van der Waals surface area contributed by atoms with Gasteiger partial charge in [0.2, 0.25) is 0 Å². The number of hydrogen-bond acceptors (Lipinski definition) is 2. The Kier molecular flexibility index (Phi) is 5.70. The summed E-state index contributed by atoms with van der Waals surface area (Å²) in [4.78, 5) is 3.42. The maximum absolute atomic E-state index is 14.0. The van der Waals surface area contributed by atoms with E-state index in [1.54, 1.807) is 6.08 Å². The number of benzene rings is 3. The van der Waals surface area contributed by atoms with Gasteiger partial charge in [-0.15, -0.1) is 0 Å². The molecule has 0 saturated carbocycles. The summed E-state index contributed by atoms with van der Waals surface area (Å²) >= 11 is 4.41. The lowest BCUT2D eigenvalue weighted by Gasteiger charge is -2.07. The largest absolute Gasteiger partial charge is 0.204 e. The van der Waals surface area contributed by atoms with Gasteiger partial charge < -0.3 is 0 Å². The minimum absolute atomic E-state index is 0.415. The fourth-order valence-electron chi connectivity index (χ4n) is 2.83. The van der Waals surface area contributed by atoms with Gasteiger partial charge in [0.15, 0.2) is 11.6 Å². The molecule has 0 fully saturated rings. The molecule has 0 aliphatic carbocycles. The highest BCUT2D eigenvalue weighted by Gasteiger charge is 2.10. The minimum Gasteiger partial charge on any atom is -0.204 e. The quantitative estimate of drug-likeness (QED) is 0.265. The lowest BCUT2D eigenvalue weighted by atomic mass is 9.99. The van der Waals surface area contributed by atoms with Crippen LogP contribution in [0.25, 0.3) is 22.8 Å². The molecule has 3 aromatic rings. The monoisotopic (exact) mass is 377 g/mol. The Labute approximate surface area is 162 Å². The van der Waals surface area contributed by atoms with Gasteiger partial charge in [0.1, 0.15) is 5.69 Å². The number of aliphatic imine (C=N–C) groups is 1. The van der Waals surface area contributed by atoms with Crippen molar-refractivity contribution < 1.29 is 8.78 Å². The van der Waals surface area contributed by atoms with Crippen molar-refractivity contribution in [2.24, 2.45) is 4.99 Å². The molecule has 0 aromatic heterocycles. The normalized spacial score (nSPS) is 11.2. The summed E-state index contributed by atoms with van der Waals surface area (Å²) in [7, 11) is 0. The van der Waals surface area contributed by atoms with Crippen molar-refractivity contribution in [2.45, 2.75) is 13.8 Å². The molecule has 3 aromatic carbocycles. The Morgan fingerprint density at radius 2 is 1.44 bits per heavy atom. The molecule has 0 saturated heterocycles. The van der Waals surface area contributed by atoms with Gasteiger partial charge in [-0.1, -0.05) is 60.2 Å². The van der Waals surface area contributed by atoms with Crippen molar-refractivity contribution in [1.29, 1.82) is 0 Å². The Morgan fingerprint density at radius 1 is 0.926 bits per heavy atom. The standard InChI is InChI=1S/C23H17F2NS/c1-15-3-5-19(6-4-15)20-9-7-18(8-10-20)16(2)11-17-12-21(24)23(26-14-27)22(25)13-17/h3-13H,1-2H3/b16-11-. The number of allylic oxidation sites excluding steroid dienone is 1. The van der Waals surface area contributed by atoms with Crippen LogP contribution >= 0.6 is 12.2 Å². The summed E-state index contributed by atoms with van der Waals surface area (Å²) in [6.07, 6.45) is 1.73. The van der Waals surface area contributed by atoms with Gasteiger partial charge in [-0.2, -0.15) is 4.99 Å². The lowest BCUT2D eigenvalue weighted by Crippen LogP contribution is -1.87. The third kappa shape index (κ3) is 4.43. The van der Waals surface area contributed by atoms with E-state index in [0.29, 0.717) is 5.56 Å². The molecular weight excluding hydrogens is 360 g/mol. The van der Waals surface area contributed by atoms with E-state index in [1.165, 1.54) is 17.7 Å². The highest BCUT2D eigenvalue weighted by molar-refractivity contribution is 7.78. The van der Waals surface area contributed by atoms with Gasteiger partial charge in [-0.25, -0.2) is 8.78 Å². The zero-order valence-electron chi connectivity index (χ0n) is 15.0. The van der Waals surface area contributed by atoms with Crippen molar-refractivity contribution in [3.8, 4) is 11.1 Å². The maximum Gasteiger partial charge on any atom is 0.153 e. The highest BCUT2D eigenvalue weighted by atomic mass is 32.1. The molecule has 0 aliphatic heterocycles. The van der Waals surface area contributed by atoms with Crippen LogP contribution in [0.2, 0.25) is 0 Å².